The normalized spacial score (nSPS) is 25.4. The first-order valence-corrected chi connectivity index (χ1v) is 4.71. The third-order valence-electron chi connectivity index (χ3n) is 2.26. The van der Waals surface area contributed by atoms with Gasteiger partial charge < -0.3 is 4.74 Å². The zero-order valence-electron chi connectivity index (χ0n) is 8.38. The molecule has 3 heteroatoms. The van der Waals surface area contributed by atoms with Crippen molar-refractivity contribution in [1.29, 1.82) is 0 Å². The van der Waals surface area contributed by atoms with Gasteiger partial charge in [0.2, 0.25) is 0 Å². The van der Waals surface area contributed by atoms with E-state index in [-0.39, 0.29) is 5.97 Å². The molecule has 0 bridgehead atoms. The molecule has 0 saturated carbocycles. The fourth-order valence-electron chi connectivity index (χ4n) is 1.26. The van der Waals surface area contributed by atoms with Gasteiger partial charge in [-0.1, -0.05) is 13.5 Å². The minimum absolute atomic E-state index is 0.283. The van der Waals surface area contributed by atoms with Gasteiger partial charge in [0.25, 0.3) is 0 Å². The average molecular weight is 183 g/mol. The lowest BCUT2D eigenvalue weighted by atomic mass is 10.4. The zero-order valence-corrected chi connectivity index (χ0v) is 8.38. The molecule has 3 nitrogen and oxygen atoms in total. The van der Waals surface area contributed by atoms with Gasteiger partial charge in [0.1, 0.15) is 6.61 Å². The summed E-state index contributed by atoms with van der Waals surface area (Å²) in [6.07, 6.45) is 1.19. The fraction of sp³-hybridized carbons (Fsp3) is 0.700. The summed E-state index contributed by atoms with van der Waals surface area (Å²) in [5.41, 5.74) is 0.470. The highest BCUT2D eigenvalue weighted by molar-refractivity contribution is 5.86. The van der Waals surface area contributed by atoms with E-state index in [1.54, 1.807) is 6.92 Å². The molecule has 2 unspecified atom stereocenters. The maximum atomic E-state index is 11.0. The highest BCUT2D eigenvalue weighted by atomic mass is 16.5. The van der Waals surface area contributed by atoms with Crippen molar-refractivity contribution < 1.29 is 9.53 Å². The van der Waals surface area contributed by atoms with Crippen LogP contribution in [0.1, 0.15) is 20.3 Å². The van der Waals surface area contributed by atoms with Crippen molar-refractivity contribution in [3.63, 3.8) is 0 Å². The van der Waals surface area contributed by atoms with Gasteiger partial charge in [0.15, 0.2) is 0 Å². The van der Waals surface area contributed by atoms with Crippen LogP contribution in [0, 0.1) is 0 Å². The summed E-state index contributed by atoms with van der Waals surface area (Å²) in [6, 6.07) is 0.725. The van der Waals surface area contributed by atoms with Gasteiger partial charge in [-0.15, -0.1) is 0 Å². The standard InChI is InChI=1S/C10H17NO2/c1-4-9-7-11(9)5-6-13-10(12)8(2)3/h9H,2,4-7H2,1,3H3. The smallest absolute Gasteiger partial charge is 0.333 e. The van der Waals surface area contributed by atoms with Crippen LogP contribution in [-0.4, -0.2) is 36.6 Å². The molecule has 13 heavy (non-hydrogen) atoms. The van der Waals surface area contributed by atoms with Gasteiger partial charge in [-0.25, -0.2) is 4.79 Å². The second-order valence-corrected chi connectivity index (χ2v) is 3.47. The summed E-state index contributed by atoms with van der Waals surface area (Å²) in [7, 11) is 0. The van der Waals surface area contributed by atoms with Gasteiger partial charge in [0, 0.05) is 24.7 Å². The van der Waals surface area contributed by atoms with Gasteiger partial charge in [-0.05, 0) is 13.3 Å². The Hall–Kier alpha value is -0.830. The van der Waals surface area contributed by atoms with Crippen LogP contribution in [-0.2, 0) is 9.53 Å². The molecule has 0 aromatic rings. The first-order valence-electron chi connectivity index (χ1n) is 4.71. The number of hydrogen-bond donors (Lipinski definition) is 0. The summed E-state index contributed by atoms with van der Waals surface area (Å²) in [5.74, 6) is -0.283. The maximum absolute atomic E-state index is 11.0. The van der Waals surface area contributed by atoms with Gasteiger partial charge in [-0.2, -0.15) is 0 Å². The summed E-state index contributed by atoms with van der Waals surface area (Å²) < 4.78 is 4.97. The average Bonchev–Trinajstić information content (AvgIpc) is 2.83. The van der Waals surface area contributed by atoms with E-state index in [0.717, 1.165) is 19.1 Å². The third-order valence-corrected chi connectivity index (χ3v) is 2.26. The highest BCUT2D eigenvalue weighted by Crippen LogP contribution is 2.18. The zero-order chi connectivity index (χ0) is 9.84. The molecule has 1 saturated heterocycles. The molecule has 1 heterocycles. The topological polar surface area (TPSA) is 29.3 Å². The van der Waals surface area contributed by atoms with E-state index >= 15 is 0 Å². The van der Waals surface area contributed by atoms with E-state index in [1.165, 1.54) is 6.42 Å². The maximum Gasteiger partial charge on any atom is 0.333 e. The second kappa shape index (κ2) is 4.42. The Morgan fingerprint density at radius 2 is 2.38 bits per heavy atom. The second-order valence-electron chi connectivity index (χ2n) is 3.47. The Bertz CT molecular complexity index is 213. The molecule has 0 aromatic carbocycles. The van der Waals surface area contributed by atoms with E-state index < -0.39 is 0 Å². The lowest BCUT2D eigenvalue weighted by Crippen LogP contribution is -2.14. The van der Waals surface area contributed by atoms with Crippen molar-refractivity contribution in [2.75, 3.05) is 19.7 Å². The molecule has 1 rings (SSSR count). The Morgan fingerprint density at radius 3 is 2.85 bits per heavy atom. The van der Waals surface area contributed by atoms with Crippen LogP contribution in [0.25, 0.3) is 0 Å². The van der Waals surface area contributed by atoms with E-state index in [9.17, 15) is 4.79 Å². The van der Waals surface area contributed by atoms with Crippen molar-refractivity contribution in [2.45, 2.75) is 26.3 Å². The number of rotatable bonds is 5. The quantitative estimate of drug-likeness (QED) is 0.364. The first kappa shape index (κ1) is 10.3. The van der Waals surface area contributed by atoms with E-state index in [2.05, 4.69) is 18.4 Å². The SMILES string of the molecule is C=C(C)C(=O)OCCN1CC1CC. The predicted molar refractivity (Wildman–Crippen MR) is 51.4 cm³/mol. The summed E-state index contributed by atoms with van der Waals surface area (Å²) >= 11 is 0. The van der Waals surface area contributed by atoms with Crippen molar-refractivity contribution in [3.05, 3.63) is 12.2 Å². The summed E-state index contributed by atoms with van der Waals surface area (Å²) in [4.78, 5) is 13.3. The molecule has 2 atom stereocenters. The summed E-state index contributed by atoms with van der Waals surface area (Å²) in [6.45, 7) is 9.84. The number of ether oxygens (including phenoxy) is 1. The Labute approximate surface area is 79.4 Å². The van der Waals surface area contributed by atoms with Crippen molar-refractivity contribution in [1.82, 2.24) is 4.90 Å². The van der Waals surface area contributed by atoms with Crippen LogP contribution in [0.4, 0.5) is 0 Å². The number of carbonyl (C=O) groups is 1. The lowest BCUT2D eigenvalue weighted by Gasteiger charge is -2.04. The Balaban J connectivity index is 2.02. The molecule has 1 fully saturated rings. The van der Waals surface area contributed by atoms with Gasteiger partial charge >= 0.3 is 5.97 Å². The largest absolute Gasteiger partial charge is 0.461 e. The number of hydrogen-bond acceptors (Lipinski definition) is 3. The molecule has 0 aliphatic carbocycles. The summed E-state index contributed by atoms with van der Waals surface area (Å²) in [5, 5.41) is 0. The predicted octanol–water partition coefficient (Wildman–Crippen LogP) is 1.20. The van der Waals surface area contributed by atoms with Gasteiger partial charge in [0.05, 0.1) is 0 Å². The van der Waals surface area contributed by atoms with Crippen LogP contribution in [0.5, 0.6) is 0 Å². The molecule has 0 amide bonds. The third kappa shape index (κ3) is 3.19. The molecule has 0 radical (unpaired) electrons. The molecule has 1 aliphatic heterocycles. The number of nitrogens with zero attached hydrogens (tertiary/aromatic N) is 1. The van der Waals surface area contributed by atoms with E-state index in [0.29, 0.717) is 12.2 Å². The number of carbonyl (C=O) groups excluding carboxylic acids is 1. The van der Waals surface area contributed by atoms with Crippen molar-refractivity contribution >= 4 is 5.97 Å². The molecular formula is C10H17NO2. The minimum atomic E-state index is -0.283. The molecule has 0 aromatic heterocycles. The van der Waals surface area contributed by atoms with Crippen LogP contribution >= 0.6 is 0 Å². The van der Waals surface area contributed by atoms with Crippen LogP contribution in [0.15, 0.2) is 12.2 Å². The van der Waals surface area contributed by atoms with Crippen molar-refractivity contribution in [3.8, 4) is 0 Å². The first-order chi connectivity index (χ1) is 6.15. The van der Waals surface area contributed by atoms with Crippen LogP contribution < -0.4 is 0 Å². The van der Waals surface area contributed by atoms with E-state index in [4.69, 9.17) is 4.74 Å². The fourth-order valence-corrected chi connectivity index (χ4v) is 1.26. The molecule has 0 spiro atoms. The molecular weight excluding hydrogens is 166 g/mol. The number of esters is 1. The lowest BCUT2D eigenvalue weighted by molar-refractivity contribution is -0.139. The van der Waals surface area contributed by atoms with Gasteiger partial charge in [-0.3, -0.25) is 4.90 Å². The van der Waals surface area contributed by atoms with Crippen LogP contribution in [0.2, 0.25) is 0 Å². The highest BCUT2D eigenvalue weighted by Gasteiger charge is 2.31. The van der Waals surface area contributed by atoms with Crippen molar-refractivity contribution in [2.24, 2.45) is 0 Å². The minimum Gasteiger partial charge on any atom is -0.461 e. The molecule has 1 aliphatic rings. The monoisotopic (exact) mass is 183 g/mol. The molecule has 74 valence electrons. The van der Waals surface area contributed by atoms with Crippen LogP contribution in [0.3, 0.4) is 0 Å². The Morgan fingerprint density at radius 1 is 1.69 bits per heavy atom. The van der Waals surface area contributed by atoms with E-state index in [1.807, 2.05) is 0 Å². The Kier molecular flexibility index (Phi) is 3.48. The molecule has 0 N–H and O–H groups in total.